The maximum Gasteiger partial charge on any atom is 0.258 e. The van der Waals surface area contributed by atoms with Crippen molar-refractivity contribution >= 4 is 22.2 Å². The number of amides is 1. The summed E-state index contributed by atoms with van der Waals surface area (Å²) in [6.45, 7) is 3.35. The molecule has 3 heterocycles. The number of nitrogens with zero attached hydrogens (tertiary/aromatic N) is 4. The molecule has 6 nitrogen and oxygen atoms in total. The lowest BCUT2D eigenvalue weighted by Crippen LogP contribution is -2.48. The largest absolute Gasteiger partial charge is 0.340 e. The second-order valence-electron chi connectivity index (χ2n) is 6.60. The number of hydrogen-bond donors (Lipinski definition) is 0. The molecule has 0 spiro atoms. The van der Waals surface area contributed by atoms with Crippen LogP contribution in [0.3, 0.4) is 0 Å². The van der Waals surface area contributed by atoms with Gasteiger partial charge in [0.25, 0.3) is 5.56 Å². The topological polar surface area (TPSA) is 57.9 Å². The van der Waals surface area contributed by atoms with E-state index in [-0.39, 0.29) is 23.7 Å². The first-order valence-electron chi connectivity index (χ1n) is 8.79. The molecule has 1 fully saturated rings. The van der Waals surface area contributed by atoms with E-state index in [0.717, 1.165) is 24.3 Å². The first kappa shape index (κ1) is 17.8. The molecular formula is C19H19FN4O2S. The number of rotatable bonds is 4. The van der Waals surface area contributed by atoms with Gasteiger partial charge in [0, 0.05) is 50.4 Å². The average Bonchev–Trinajstić information content (AvgIpc) is 3.13. The molecule has 0 unspecified atom stereocenters. The Balaban J connectivity index is 1.33. The Bertz CT molecular complexity index is 1010. The lowest BCUT2D eigenvalue weighted by atomic mass is 10.1. The van der Waals surface area contributed by atoms with Crippen LogP contribution in [-0.2, 0) is 17.8 Å². The molecule has 0 bridgehead atoms. The zero-order valence-electron chi connectivity index (χ0n) is 14.7. The van der Waals surface area contributed by atoms with Crippen molar-refractivity contribution in [3.05, 3.63) is 69.3 Å². The quantitative estimate of drug-likeness (QED) is 0.686. The summed E-state index contributed by atoms with van der Waals surface area (Å²) in [6, 6.07) is 7.62. The van der Waals surface area contributed by atoms with E-state index in [4.69, 9.17) is 0 Å². The van der Waals surface area contributed by atoms with E-state index in [0.29, 0.717) is 24.6 Å². The first-order valence-corrected chi connectivity index (χ1v) is 9.67. The van der Waals surface area contributed by atoms with Crippen molar-refractivity contribution in [3.63, 3.8) is 0 Å². The van der Waals surface area contributed by atoms with Crippen LogP contribution in [-0.4, -0.2) is 51.3 Å². The lowest BCUT2D eigenvalue weighted by molar-refractivity contribution is -0.132. The Morgan fingerprint density at radius 1 is 1.15 bits per heavy atom. The normalized spacial score (nSPS) is 15.4. The zero-order chi connectivity index (χ0) is 18.8. The van der Waals surface area contributed by atoms with Gasteiger partial charge in [-0.1, -0.05) is 12.1 Å². The highest BCUT2D eigenvalue weighted by atomic mass is 32.1. The Hall–Kier alpha value is -2.58. The minimum absolute atomic E-state index is 0.0534. The smallest absolute Gasteiger partial charge is 0.258 e. The van der Waals surface area contributed by atoms with Gasteiger partial charge in [0.05, 0.1) is 12.1 Å². The Morgan fingerprint density at radius 3 is 2.63 bits per heavy atom. The second-order valence-corrected chi connectivity index (χ2v) is 7.47. The Morgan fingerprint density at radius 2 is 1.89 bits per heavy atom. The SMILES string of the molecule is O=C(Cc1ccc(F)cc1)N1CCN(Cc2cc(=O)n3ccsc3n2)CC1. The molecule has 140 valence electrons. The van der Waals surface area contributed by atoms with Gasteiger partial charge in [0.1, 0.15) is 5.82 Å². The minimum Gasteiger partial charge on any atom is -0.340 e. The van der Waals surface area contributed by atoms with Crippen molar-refractivity contribution in [2.45, 2.75) is 13.0 Å². The molecule has 0 saturated carbocycles. The van der Waals surface area contributed by atoms with Gasteiger partial charge in [-0.3, -0.25) is 18.9 Å². The summed E-state index contributed by atoms with van der Waals surface area (Å²) < 4.78 is 14.5. The molecule has 1 amide bonds. The fourth-order valence-electron chi connectivity index (χ4n) is 3.24. The van der Waals surface area contributed by atoms with Crippen molar-refractivity contribution < 1.29 is 9.18 Å². The van der Waals surface area contributed by atoms with Crippen LogP contribution < -0.4 is 5.56 Å². The molecule has 0 N–H and O–H groups in total. The number of benzene rings is 1. The summed E-state index contributed by atoms with van der Waals surface area (Å²) in [4.78, 5) is 33.8. The molecule has 4 rings (SSSR count). The van der Waals surface area contributed by atoms with E-state index < -0.39 is 0 Å². The standard InChI is InChI=1S/C19H19FN4O2S/c20-15-3-1-14(2-4-15)11-17(25)23-7-5-22(6-8-23)13-16-12-18(26)24-9-10-27-19(24)21-16/h1-4,9-10,12H,5-8,11,13H2. The molecule has 0 radical (unpaired) electrons. The van der Waals surface area contributed by atoms with Gasteiger partial charge in [-0.2, -0.15) is 0 Å². The highest BCUT2D eigenvalue weighted by Gasteiger charge is 2.21. The van der Waals surface area contributed by atoms with Crippen molar-refractivity contribution in [3.8, 4) is 0 Å². The number of piperazine rings is 1. The van der Waals surface area contributed by atoms with Gasteiger partial charge in [-0.25, -0.2) is 9.37 Å². The van der Waals surface area contributed by atoms with Gasteiger partial charge in [0.2, 0.25) is 5.91 Å². The summed E-state index contributed by atoms with van der Waals surface area (Å²) >= 11 is 1.44. The summed E-state index contributed by atoms with van der Waals surface area (Å²) in [5.41, 5.74) is 1.51. The van der Waals surface area contributed by atoms with E-state index in [1.807, 2.05) is 10.3 Å². The molecule has 1 saturated heterocycles. The maximum absolute atomic E-state index is 13.0. The maximum atomic E-state index is 13.0. The van der Waals surface area contributed by atoms with Gasteiger partial charge in [-0.15, -0.1) is 11.3 Å². The summed E-state index contributed by atoms with van der Waals surface area (Å²) in [6.07, 6.45) is 2.01. The fourth-order valence-corrected chi connectivity index (χ4v) is 3.98. The molecule has 2 aromatic heterocycles. The lowest BCUT2D eigenvalue weighted by Gasteiger charge is -2.34. The van der Waals surface area contributed by atoms with Crippen LogP contribution in [0.4, 0.5) is 4.39 Å². The molecule has 3 aromatic rings. The van der Waals surface area contributed by atoms with Crippen molar-refractivity contribution in [1.29, 1.82) is 0 Å². The zero-order valence-corrected chi connectivity index (χ0v) is 15.5. The van der Waals surface area contributed by atoms with Crippen LogP contribution >= 0.6 is 11.3 Å². The number of thiazole rings is 1. The molecule has 0 atom stereocenters. The summed E-state index contributed by atoms with van der Waals surface area (Å²) in [5, 5.41) is 1.85. The monoisotopic (exact) mass is 386 g/mol. The molecule has 27 heavy (non-hydrogen) atoms. The molecule has 1 aliphatic rings. The van der Waals surface area contributed by atoms with E-state index >= 15 is 0 Å². The fraction of sp³-hybridized carbons (Fsp3) is 0.316. The van der Waals surface area contributed by atoms with E-state index in [9.17, 15) is 14.0 Å². The third-order valence-corrected chi connectivity index (χ3v) is 5.49. The summed E-state index contributed by atoms with van der Waals surface area (Å²) in [5.74, 6) is -0.244. The second kappa shape index (κ2) is 7.58. The number of halogens is 1. The van der Waals surface area contributed by atoms with E-state index in [1.54, 1.807) is 28.8 Å². The minimum atomic E-state index is -0.297. The van der Waals surface area contributed by atoms with Crippen LogP contribution in [0.2, 0.25) is 0 Å². The van der Waals surface area contributed by atoms with E-state index in [1.165, 1.54) is 23.5 Å². The Labute approximate surface area is 159 Å². The van der Waals surface area contributed by atoms with Crippen molar-refractivity contribution in [2.75, 3.05) is 26.2 Å². The number of aromatic nitrogens is 2. The predicted molar refractivity (Wildman–Crippen MR) is 101 cm³/mol. The van der Waals surface area contributed by atoms with Gasteiger partial charge in [-0.05, 0) is 17.7 Å². The first-order chi connectivity index (χ1) is 13.1. The van der Waals surface area contributed by atoms with Crippen LogP contribution in [0.25, 0.3) is 4.96 Å². The van der Waals surface area contributed by atoms with Gasteiger partial charge >= 0.3 is 0 Å². The molecule has 1 aromatic carbocycles. The highest BCUT2D eigenvalue weighted by Crippen LogP contribution is 2.12. The molecular weight excluding hydrogens is 367 g/mol. The third-order valence-electron chi connectivity index (χ3n) is 4.74. The van der Waals surface area contributed by atoms with Crippen molar-refractivity contribution in [2.24, 2.45) is 0 Å². The Kier molecular flexibility index (Phi) is 5.00. The van der Waals surface area contributed by atoms with Gasteiger partial charge < -0.3 is 4.90 Å². The highest BCUT2D eigenvalue weighted by molar-refractivity contribution is 7.15. The van der Waals surface area contributed by atoms with Crippen LogP contribution in [0.15, 0.2) is 46.7 Å². The average molecular weight is 386 g/mol. The number of fused-ring (bicyclic) bond motifs is 1. The van der Waals surface area contributed by atoms with Crippen LogP contribution in [0.5, 0.6) is 0 Å². The number of carbonyl (C=O) groups is 1. The summed E-state index contributed by atoms with van der Waals surface area (Å²) in [7, 11) is 0. The molecule has 8 heteroatoms. The van der Waals surface area contributed by atoms with Crippen LogP contribution in [0.1, 0.15) is 11.3 Å². The van der Waals surface area contributed by atoms with Crippen LogP contribution in [0, 0.1) is 5.82 Å². The number of hydrogen-bond acceptors (Lipinski definition) is 5. The predicted octanol–water partition coefficient (Wildman–Crippen LogP) is 1.78. The van der Waals surface area contributed by atoms with Gasteiger partial charge in [0.15, 0.2) is 4.96 Å². The van der Waals surface area contributed by atoms with Crippen molar-refractivity contribution in [1.82, 2.24) is 19.2 Å². The van der Waals surface area contributed by atoms with E-state index in [2.05, 4.69) is 9.88 Å². The molecule has 0 aliphatic carbocycles. The third kappa shape index (κ3) is 4.06. The number of carbonyl (C=O) groups excluding carboxylic acids is 1. The molecule has 1 aliphatic heterocycles.